The number of aryl methyl sites for hydroxylation is 1. The molecule has 11 rings (SSSR count). The average molecular weight is 917 g/mol. The lowest BCUT2D eigenvalue weighted by atomic mass is 9.85. The molecule has 15 nitrogen and oxygen atoms in total. The summed E-state index contributed by atoms with van der Waals surface area (Å²) in [5, 5.41) is 7.78. The van der Waals surface area contributed by atoms with Crippen LogP contribution in [-0.4, -0.2) is 116 Å². The molecule has 1 aliphatic carbocycles. The second-order valence-corrected chi connectivity index (χ2v) is 19.2. The molecular formula is C50H58F2N10O5. The summed E-state index contributed by atoms with van der Waals surface area (Å²) < 4.78 is 40.1. The number of hydrogen-bond donors (Lipinski definition) is 1. The van der Waals surface area contributed by atoms with Gasteiger partial charge >= 0.3 is 0 Å². The quantitative estimate of drug-likeness (QED) is 0.159. The Labute approximate surface area is 389 Å². The number of nitrogens with one attached hydrogen (secondary N) is 1. The Morgan fingerprint density at radius 2 is 1.72 bits per heavy atom. The number of ether oxygens (including phenoxy) is 1. The zero-order valence-corrected chi connectivity index (χ0v) is 38.1. The molecule has 1 saturated carbocycles. The van der Waals surface area contributed by atoms with Gasteiger partial charge in [-0.3, -0.25) is 34.1 Å². The van der Waals surface area contributed by atoms with Gasteiger partial charge in [0.1, 0.15) is 17.4 Å². The lowest BCUT2D eigenvalue weighted by molar-refractivity contribution is -0.137. The molecule has 0 radical (unpaired) electrons. The van der Waals surface area contributed by atoms with E-state index in [9.17, 15) is 19.2 Å². The molecule has 5 aromatic rings. The number of carbonyl (C=O) groups is 4. The van der Waals surface area contributed by atoms with E-state index in [1.165, 1.54) is 0 Å². The maximum atomic E-state index is 15.2. The van der Waals surface area contributed by atoms with Gasteiger partial charge in [-0.1, -0.05) is 0 Å². The standard InChI is InChI=1S/C50H56F2N10O5.H2/c1-30(63)58-16-13-41-40(28-58)48(60-15-3-4-32-23-37(39(47(51)52)24-43(32)60)38-25-45-53-14-17-59(45)29-44(38)67-2)55-62(41)34-7-5-31(6-8-34)26-56-18-20-57(21-19-56)35-9-10-36-33(22-35)27-61(50(36)66)42-11-12-46(64)54-49(42)65;/h9-10,14,17,22-25,29,31,34,42,47H,3-8,11-13,15-16,18-21,26-28H2,1-2H3,(H,54,64,65);1H. The molecule has 67 heavy (non-hydrogen) atoms. The molecule has 1 unspecified atom stereocenters. The number of aromatic nitrogens is 4. The Kier molecular flexibility index (Phi) is 11.2. The van der Waals surface area contributed by atoms with Gasteiger partial charge in [0.2, 0.25) is 17.7 Å². The molecule has 8 heterocycles. The minimum Gasteiger partial charge on any atom is -0.495 e. The Morgan fingerprint density at radius 3 is 2.48 bits per heavy atom. The number of halogens is 2. The Balaban J connectivity index is 0.00000539. The van der Waals surface area contributed by atoms with Gasteiger partial charge in [-0.15, -0.1) is 0 Å². The van der Waals surface area contributed by atoms with E-state index in [1.807, 2.05) is 27.5 Å². The maximum Gasteiger partial charge on any atom is 0.264 e. The fraction of sp³-hybridized carbons (Fsp3) is 0.480. The number of rotatable bonds is 9. The third-order valence-electron chi connectivity index (χ3n) is 15.3. The SMILES string of the molecule is COc1cn2ccnc2cc1-c1cc2c(cc1C(F)F)N(c1nn(C3CCC(CN4CCN(c5ccc6c(c5)CN(C5CCC(=O)NC5=O)C6=O)CC4)CC3)c3c1CN(C(C)=O)CC3)CCC2.[HH]. The average Bonchev–Trinajstić information content (AvgIpc) is 4.05. The number of imide groups is 1. The van der Waals surface area contributed by atoms with Crippen molar-refractivity contribution >= 4 is 46.5 Å². The first-order valence-electron chi connectivity index (χ1n) is 23.9. The minimum absolute atomic E-state index is 0. The Morgan fingerprint density at radius 1 is 0.896 bits per heavy atom. The van der Waals surface area contributed by atoms with Crippen molar-refractivity contribution in [2.75, 3.05) is 62.7 Å². The number of anilines is 3. The van der Waals surface area contributed by atoms with Gasteiger partial charge in [-0.05, 0) is 104 Å². The van der Waals surface area contributed by atoms with Crippen LogP contribution in [0.5, 0.6) is 5.75 Å². The zero-order chi connectivity index (χ0) is 46.1. The van der Waals surface area contributed by atoms with Gasteiger partial charge < -0.3 is 28.7 Å². The van der Waals surface area contributed by atoms with Crippen LogP contribution >= 0.6 is 0 Å². The number of methoxy groups -OCH3 is 1. The molecule has 17 heteroatoms. The van der Waals surface area contributed by atoms with Crippen LogP contribution in [0.15, 0.2) is 55.0 Å². The van der Waals surface area contributed by atoms with Crippen LogP contribution in [0, 0.1) is 5.92 Å². The van der Waals surface area contributed by atoms with E-state index in [-0.39, 0.29) is 37.2 Å². The van der Waals surface area contributed by atoms with Crippen molar-refractivity contribution in [2.45, 2.75) is 96.3 Å². The highest BCUT2D eigenvalue weighted by atomic mass is 19.3. The van der Waals surface area contributed by atoms with E-state index in [4.69, 9.17) is 9.84 Å². The smallest absolute Gasteiger partial charge is 0.264 e. The van der Waals surface area contributed by atoms with Crippen molar-refractivity contribution in [1.29, 1.82) is 0 Å². The first kappa shape index (κ1) is 43.2. The topological polar surface area (TPSA) is 141 Å². The molecule has 0 bridgehead atoms. The predicted octanol–water partition coefficient (Wildman–Crippen LogP) is 6.69. The van der Waals surface area contributed by atoms with Crippen molar-refractivity contribution in [3.05, 3.63) is 88.5 Å². The second-order valence-electron chi connectivity index (χ2n) is 19.2. The van der Waals surface area contributed by atoms with Crippen LogP contribution < -0.4 is 19.9 Å². The van der Waals surface area contributed by atoms with Crippen molar-refractivity contribution in [2.24, 2.45) is 5.92 Å². The van der Waals surface area contributed by atoms with Gasteiger partial charge in [0.05, 0.1) is 25.9 Å². The van der Waals surface area contributed by atoms with Gasteiger partial charge in [-0.2, -0.15) is 5.10 Å². The van der Waals surface area contributed by atoms with Crippen LogP contribution in [0.1, 0.15) is 104 Å². The summed E-state index contributed by atoms with van der Waals surface area (Å²) in [7, 11) is 1.55. The summed E-state index contributed by atoms with van der Waals surface area (Å²) in [6, 6.07) is 10.9. The fourth-order valence-electron chi connectivity index (χ4n) is 11.7. The molecular weight excluding hydrogens is 859 g/mol. The number of pyridine rings is 1. The number of fused-ring (bicyclic) bond motifs is 4. The summed E-state index contributed by atoms with van der Waals surface area (Å²) in [6.07, 6.45) is 9.52. The maximum absolute atomic E-state index is 15.2. The molecule has 0 spiro atoms. The van der Waals surface area contributed by atoms with E-state index in [0.717, 1.165) is 111 Å². The summed E-state index contributed by atoms with van der Waals surface area (Å²) >= 11 is 0. The highest BCUT2D eigenvalue weighted by Crippen LogP contribution is 2.46. The first-order valence-corrected chi connectivity index (χ1v) is 23.9. The fourth-order valence-corrected chi connectivity index (χ4v) is 11.7. The normalized spacial score (nSPS) is 22.3. The zero-order valence-electron chi connectivity index (χ0n) is 38.1. The molecule has 3 fully saturated rings. The van der Waals surface area contributed by atoms with Crippen LogP contribution in [0.3, 0.4) is 0 Å². The molecule has 4 amide bonds. The number of hydrogen-bond acceptors (Lipinski definition) is 10. The number of amides is 4. The molecule has 1 N–H and O–H groups in total. The molecule has 6 aliphatic rings. The number of nitrogens with zero attached hydrogens (tertiary/aromatic N) is 9. The second kappa shape index (κ2) is 17.4. The van der Waals surface area contributed by atoms with Crippen molar-refractivity contribution in [3.63, 3.8) is 0 Å². The first-order chi connectivity index (χ1) is 32.5. The summed E-state index contributed by atoms with van der Waals surface area (Å²) in [4.78, 5) is 65.3. The van der Waals surface area contributed by atoms with Gasteiger partial charge in [0.25, 0.3) is 12.3 Å². The van der Waals surface area contributed by atoms with Gasteiger partial charge in [-0.25, -0.2) is 13.8 Å². The third kappa shape index (κ3) is 7.87. The molecule has 5 aliphatic heterocycles. The summed E-state index contributed by atoms with van der Waals surface area (Å²) in [6.45, 7) is 8.37. The Hall–Kier alpha value is -6.36. The monoisotopic (exact) mass is 916 g/mol. The molecule has 3 aromatic heterocycles. The van der Waals surface area contributed by atoms with Crippen LogP contribution in [0.25, 0.3) is 16.8 Å². The summed E-state index contributed by atoms with van der Waals surface area (Å²) in [5.74, 6) is 0.998. The largest absolute Gasteiger partial charge is 0.495 e. The summed E-state index contributed by atoms with van der Waals surface area (Å²) in [5.41, 5.74) is 8.11. The van der Waals surface area contributed by atoms with Crippen molar-refractivity contribution in [3.8, 4) is 16.9 Å². The van der Waals surface area contributed by atoms with Crippen LogP contribution in [0.4, 0.5) is 26.0 Å². The molecule has 352 valence electrons. The number of carbonyl (C=O) groups excluding carboxylic acids is 4. The predicted molar refractivity (Wildman–Crippen MR) is 249 cm³/mol. The van der Waals surface area contributed by atoms with E-state index in [1.54, 1.807) is 49.7 Å². The van der Waals surface area contributed by atoms with Gasteiger partial charge in [0, 0.05) is 125 Å². The van der Waals surface area contributed by atoms with E-state index in [2.05, 4.69) is 35.7 Å². The highest BCUT2D eigenvalue weighted by Gasteiger charge is 2.40. The number of piperidine rings is 1. The van der Waals surface area contributed by atoms with E-state index < -0.39 is 18.4 Å². The lowest BCUT2D eigenvalue weighted by Crippen LogP contribution is -2.52. The Bertz CT molecular complexity index is 2800. The van der Waals surface area contributed by atoms with E-state index in [0.29, 0.717) is 73.0 Å². The lowest BCUT2D eigenvalue weighted by Gasteiger charge is -2.39. The highest BCUT2D eigenvalue weighted by molar-refractivity contribution is 6.05. The van der Waals surface area contributed by atoms with Crippen molar-refractivity contribution in [1.82, 2.24) is 39.2 Å². The van der Waals surface area contributed by atoms with Crippen LogP contribution in [-0.2, 0) is 40.3 Å². The molecule has 2 aromatic carbocycles. The van der Waals surface area contributed by atoms with Crippen molar-refractivity contribution < 1.29 is 34.1 Å². The molecule has 1 atom stereocenters. The van der Waals surface area contributed by atoms with Crippen LogP contribution in [0.2, 0.25) is 0 Å². The number of piperazine rings is 1. The number of alkyl halides is 2. The number of imidazole rings is 1. The van der Waals surface area contributed by atoms with E-state index >= 15 is 8.78 Å². The third-order valence-corrected chi connectivity index (χ3v) is 15.3. The number of benzene rings is 2. The van der Waals surface area contributed by atoms with Gasteiger partial charge in [0.15, 0.2) is 5.82 Å². The minimum atomic E-state index is -2.73. The molecule has 2 saturated heterocycles.